The second-order valence-corrected chi connectivity index (χ2v) is 5.60. The largest absolute Gasteiger partial charge is 0.457 e. The molecule has 2 N–H and O–H groups in total. The normalized spacial score (nSPS) is 10.9. The molecule has 2 aromatic carbocycles. The molecule has 0 spiro atoms. The molecule has 2 nitrogen and oxygen atoms in total. The summed E-state index contributed by atoms with van der Waals surface area (Å²) < 4.78 is 5.93. The van der Waals surface area contributed by atoms with E-state index in [1.165, 1.54) is 11.1 Å². The quantitative estimate of drug-likeness (QED) is 0.857. The zero-order chi connectivity index (χ0) is 14.7. The maximum Gasteiger partial charge on any atom is 0.133 e. The highest BCUT2D eigenvalue weighted by Crippen LogP contribution is 2.31. The monoisotopic (exact) mass is 289 g/mol. The van der Waals surface area contributed by atoms with Gasteiger partial charge in [-0.05, 0) is 48.2 Å². The van der Waals surface area contributed by atoms with Gasteiger partial charge in [0.15, 0.2) is 0 Å². The summed E-state index contributed by atoms with van der Waals surface area (Å²) >= 11 is 6.13. The number of ether oxygens (including phenoxy) is 1. The van der Waals surface area contributed by atoms with Crippen LogP contribution in [-0.2, 0) is 6.54 Å². The SMILES string of the molecule is Cc1cc(Oc2cccc(Cl)c2CN)ccc1C(C)C. The van der Waals surface area contributed by atoms with Crippen LogP contribution in [-0.4, -0.2) is 0 Å². The van der Waals surface area contributed by atoms with Crippen molar-refractivity contribution in [3.8, 4) is 11.5 Å². The summed E-state index contributed by atoms with van der Waals surface area (Å²) in [4.78, 5) is 0. The van der Waals surface area contributed by atoms with E-state index in [1.54, 1.807) is 0 Å². The molecule has 0 saturated carbocycles. The first-order valence-electron chi connectivity index (χ1n) is 6.78. The Bertz CT molecular complexity index is 608. The summed E-state index contributed by atoms with van der Waals surface area (Å²) in [6.45, 7) is 6.83. The molecule has 0 unspecified atom stereocenters. The topological polar surface area (TPSA) is 35.2 Å². The average molecular weight is 290 g/mol. The average Bonchev–Trinajstić information content (AvgIpc) is 2.38. The zero-order valence-corrected chi connectivity index (χ0v) is 12.9. The Hall–Kier alpha value is -1.51. The molecule has 0 atom stereocenters. The van der Waals surface area contributed by atoms with Crippen molar-refractivity contribution in [3.63, 3.8) is 0 Å². The van der Waals surface area contributed by atoms with Gasteiger partial charge >= 0.3 is 0 Å². The lowest BCUT2D eigenvalue weighted by molar-refractivity contribution is 0.475. The minimum atomic E-state index is 0.359. The Morgan fingerprint density at radius 1 is 1.20 bits per heavy atom. The Balaban J connectivity index is 2.31. The number of hydrogen-bond acceptors (Lipinski definition) is 2. The Kier molecular flexibility index (Phi) is 4.69. The number of halogens is 1. The number of nitrogens with two attached hydrogens (primary N) is 1. The molecule has 20 heavy (non-hydrogen) atoms. The lowest BCUT2D eigenvalue weighted by atomic mass is 9.98. The van der Waals surface area contributed by atoms with Crippen LogP contribution < -0.4 is 10.5 Å². The molecule has 0 saturated heterocycles. The second kappa shape index (κ2) is 6.29. The molecule has 0 amide bonds. The molecule has 2 aromatic rings. The number of rotatable bonds is 4. The molecular formula is C17H20ClNO. The molecule has 0 aliphatic heterocycles. The van der Waals surface area contributed by atoms with Gasteiger partial charge in [0.05, 0.1) is 0 Å². The Morgan fingerprint density at radius 2 is 1.95 bits per heavy atom. The fraction of sp³-hybridized carbons (Fsp3) is 0.294. The Labute approximate surface area is 125 Å². The first-order chi connectivity index (χ1) is 9.52. The molecule has 0 bridgehead atoms. The van der Waals surface area contributed by atoms with E-state index in [0.29, 0.717) is 17.5 Å². The van der Waals surface area contributed by atoms with Gasteiger partial charge in [0.1, 0.15) is 11.5 Å². The van der Waals surface area contributed by atoms with Gasteiger partial charge in [0, 0.05) is 17.1 Å². The highest BCUT2D eigenvalue weighted by molar-refractivity contribution is 6.31. The summed E-state index contributed by atoms with van der Waals surface area (Å²) in [5.41, 5.74) is 9.13. The number of benzene rings is 2. The molecule has 0 aromatic heterocycles. The van der Waals surface area contributed by atoms with Crippen LogP contribution in [0.2, 0.25) is 5.02 Å². The number of hydrogen-bond donors (Lipinski definition) is 1. The van der Waals surface area contributed by atoms with Crippen LogP contribution in [0.4, 0.5) is 0 Å². The van der Waals surface area contributed by atoms with E-state index in [2.05, 4.69) is 32.9 Å². The predicted octanol–water partition coefficient (Wildman–Crippen LogP) is 5.02. The minimum Gasteiger partial charge on any atom is -0.457 e. The van der Waals surface area contributed by atoms with E-state index in [9.17, 15) is 0 Å². The van der Waals surface area contributed by atoms with Crippen LogP contribution in [0.1, 0.15) is 36.5 Å². The van der Waals surface area contributed by atoms with Gasteiger partial charge in [0.2, 0.25) is 0 Å². The van der Waals surface area contributed by atoms with Crippen molar-refractivity contribution in [1.29, 1.82) is 0 Å². The van der Waals surface area contributed by atoms with Crippen molar-refractivity contribution >= 4 is 11.6 Å². The smallest absolute Gasteiger partial charge is 0.133 e. The van der Waals surface area contributed by atoms with Gasteiger partial charge < -0.3 is 10.5 Å². The van der Waals surface area contributed by atoms with E-state index < -0.39 is 0 Å². The van der Waals surface area contributed by atoms with Crippen molar-refractivity contribution in [2.24, 2.45) is 5.73 Å². The summed E-state index contributed by atoms with van der Waals surface area (Å²) in [5, 5.41) is 0.639. The standard InChI is InChI=1S/C17H20ClNO/c1-11(2)14-8-7-13(9-12(14)3)20-17-6-4-5-16(18)15(17)10-19/h4-9,11H,10,19H2,1-3H3. The van der Waals surface area contributed by atoms with E-state index in [0.717, 1.165) is 17.1 Å². The van der Waals surface area contributed by atoms with E-state index in [-0.39, 0.29) is 0 Å². The first kappa shape index (κ1) is 14.9. The van der Waals surface area contributed by atoms with E-state index >= 15 is 0 Å². The highest BCUT2D eigenvalue weighted by Gasteiger charge is 2.09. The molecule has 0 aliphatic rings. The maximum absolute atomic E-state index is 6.13. The van der Waals surface area contributed by atoms with Crippen molar-refractivity contribution in [2.75, 3.05) is 0 Å². The van der Waals surface area contributed by atoms with Gasteiger partial charge in [-0.3, -0.25) is 0 Å². The van der Waals surface area contributed by atoms with Gasteiger partial charge in [-0.1, -0.05) is 37.6 Å². The highest BCUT2D eigenvalue weighted by atomic mass is 35.5. The van der Waals surface area contributed by atoms with Crippen LogP contribution in [0, 0.1) is 6.92 Å². The third-order valence-electron chi connectivity index (χ3n) is 3.37. The Morgan fingerprint density at radius 3 is 2.55 bits per heavy atom. The van der Waals surface area contributed by atoms with Crippen LogP contribution in [0.15, 0.2) is 36.4 Å². The molecule has 3 heteroatoms. The third-order valence-corrected chi connectivity index (χ3v) is 3.73. The third kappa shape index (κ3) is 3.14. The van der Waals surface area contributed by atoms with Crippen LogP contribution in [0.5, 0.6) is 11.5 Å². The molecule has 0 radical (unpaired) electrons. The predicted molar refractivity (Wildman–Crippen MR) is 84.7 cm³/mol. The minimum absolute atomic E-state index is 0.359. The fourth-order valence-electron chi connectivity index (χ4n) is 2.32. The van der Waals surface area contributed by atoms with Crippen molar-refractivity contribution < 1.29 is 4.74 Å². The van der Waals surface area contributed by atoms with Crippen molar-refractivity contribution in [2.45, 2.75) is 33.2 Å². The summed E-state index contributed by atoms with van der Waals surface area (Å²) in [6, 6.07) is 11.7. The maximum atomic E-state index is 6.13. The van der Waals surface area contributed by atoms with Crippen LogP contribution >= 0.6 is 11.6 Å². The van der Waals surface area contributed by atoms with Gasteiger partial charge in [-0.15, -0.1) is 0 Å². The van der Waals surface area contributed by atoms with Gasteiger partial charge in [-0.25, -0.2) is 0 Å². The summed E-state index contributed by atoms with van der Waals surface area (Å²) in [7, 11) is 0. The lowest BCUT2D eigenvalue weighted by Crippen LogP contribution is -2.00. The molecular weight excluding hydrogens is 270 g/mol. The van der Waals surface area contributed by atoms with Crippen molar-refractivity contribution in [3.05, 3.63) is 58.1 Å². The van der Waals surface area contributed by atoms with Crippen molar-refractivity contribution in [1.82, 2.24) is 0 Å². The summed E-state index contributed by atoms with van der Waals surface area (Å²) in [5.74, 6) is 2.04. The van der Waals surface area contributed by atoms with Crippen LogP contribution in [0.25, 0.3) is 0 Å². The van der Waals surface area contributed by atoms with Gasteiger partial charge in [-0.2, -0.15) is 0 Å². The van der Waals surface area contributed by atoms with Gasteiger partial charge in [0.25, 0.3) is 0 Å². The molecule has 0 fully saturated rings. The first-order valence-corrected chi connectivity index (χ1v) is 7.16. The number of aryl methyl sites for hydroxylation is 1. The zero-order valence-electron chi connectivity index (χ0n) is 12.1. The fourth-order valence-corrected chi connectivity index (χ4v) is 2.56. The molecule has 0 heterocycles. The second-order valence-electron chi connectivity index (χ2n) is 5.20. The molecule has 106 valence electrons. The van der Waals surface area contributed by atoms with E-state index in [4.69, 9.17) is 22.1 Å². The molecule has 2 rings (SSSR count). The van der Waals surface area contributed by atoms with E-state index in [1.807, 2.05) is 24.3 Å². The lowest BCUT2D eigenvalue weighted by Gasteiger charge is -2.14. The van der Waals surface area contributed by atoms with Crippen LogP contribution in [0.3, 0.4) is 0 Å². The molecule has 0 aliphatic carbocycles. The summed E-state index contributed by atoms with van der Waals surface area (Å²) in [6.07, 6.45) is 0.